The molecule has 0 fully saturated rings. The normalized spacial score (nSPS) is 10.5. The van der Waals surface area contributed by atoms with Gasteiger partial charge in [0.2, 0.25) is 5.91 Å². The summed E-state index contributed by atoms with van der Waals surface area (Å²) in [4.78, 5) is 21.0. The quantitative estimate of drug-likeness (QED) is 0.661. The fraction of sp³-hybridized carbons (Fsp3) is 0.190. The van der Waals surface area contributed by atoms with Gasteiger partial charge in [0.25, 0.3) is 0 Å². The van der Waals surface area contributed by atoms with Crippen molar-refractivity contribution < 1.29 is 4.79 Å². The van der Waals surface area contributed by atoms with Crippen LogP contribution < -0.4 is 11.1 Å². The fourth-order valence-corrected chi connectivity index (χ4v) is 2.69. The zero-order chi connectivity index (χ0) is 18.4. The van der Waals surface area contributed by atoms with Crippen molar-refractivity contribution in [1.82, 2.24) is 9.97 Å². The molecule has 0 atom stereocenters. The zero-order valence-electron chi connectivity index (χ0n) is 14.8. The Morgan fingerprint density at radius 1 is 1.08 bits per heavy atom. The van der Waals surface area contributed by atoms with Crippen molar-refractivity contribution in [2.45, 2.75) is 26.2 Å². The second-order valence-corrected chi connectivity index (χ2v) is 6.20. The molecule has 5 heteroatoms. The van der Waals surface area contributed by atoms with Crippen molar-refractivity contribution in [2.75, 3.05) is 11.1 Å². The second kappa shape index (κ2) is 8.25. The van der Waals surface area contributed by atoms with Crippen LogP contribution in [0.25, 0.3) is 11.3 Å². The van der Waals surface area contributed by atoms with E-state index in [4.69, 9.17) is 5.73 Å². The highest BCUT2D eigenvalue weighted by Gasteiger charge is 2.09. The van der Waals surface area contributed by atoms with Crippen LogP contribution in [-0.4, -0.2) is 15.9 Å². The monoisotopic (exact) mass is 346 g/mol. The Kier molecular flexibility index (Phi) is 5.59. The first-order valence-corrected chi connectivity index (χ1v) is 8.65. The number of aromatic nitrogens is 2. The number of benzene rings is 2. The Hall–Kier alpha value is -3.21. The summed E-state index contributed by atoms with van der Waals surface area (Å²) >= 11 is 0. The molecule has 1 aromatic heterocycles. The maximum absolute atomic E-state index is 12.2. The lowest BCUT2D eigenvalue weighted by Crippen LogP contribution is -2.14. The lowest BCUT2D eigenvalue weighted by atomic mass is 10.1. The second-order valence-electron chi connectivity index (χ2n) is 6.20. The Labute approximate surface area is 153 Å². The van der Waals surface area contributed by atoms with Crippen LogP contribution in [0.5, 0.6) is 0 Å². The molecule has 0 aliphatic heterocycles. The topological polar surface area (TPSA) is 80.9 Å². The molecule has 0 unspecified atom stereocenters. The third-order valence-electron chi connectivity index (χ3n) is 4.12. The van der Waals surface area contributed by atoms with Gasteiger partial charge in [-0.2, -0.15) is 0 Å². The Bertz CT molecular complexity index is 876. The first kappa shape index (κ1) is 17.6. The number of nitrogens with zero attached hydrogens (tertiary/aromatic N) is 2. The van der Waals surface area contributed by atoms with Gasteiger partial charge in [-0.1, -0.05) is 42.5 Å². The molecule has 1 heterocycles. The predicted octanol–water partition coefficient (Wildman–Crippen LogP) is 4.00. The van der Waals surface area contributed by atoms with Gasteiger partial charge < -0.3 is 11.1 Å². The molecule has 0 bridgehead atoms. The van der Waals surface area contributed by atoms with Crippen molar-refractivity contribution in [3.63, 3.8) is 0 Å². The maximum atomic E-state index is 12.2. The number of hydrogen-bond donors (Lipinski definition) is 2. The predicted molar refractivity (Wildman–Crippen MR) is 105 cm³/mol. The number of nitrogens with two attached hydrogens (primary N) is 1. The number of amides is 1. The van der Waals surface area contributed by atoms with E-state index < -0.39 is 0 Å². The van der Waals surface area contributed by atoms with Crippen molar-refractivity contribution in [3.05, 3.63) is 72.1 Å². The van der Waals surface area contributed by atoms with E-state index in [-0.39, 0.29) is 5.91 Å². The van der Waals surface area contributed by atoms with Crippen LogP contribution in [0.2, 0.25) is 0 Å². The summed E-state index contributed by atoms with van der Waals surface area (Å²) in [6, 6.07) is 17.6. The third kappa shape index (κ3) is 4.66. The highest BCUT2D eigenvalue weighted by molar-refractivity contribution is 5.90. The summed E-state index contributed by atoms with van der Waals surface area (Å²) in [5.41, 5.74) is 10.0. The number of rotatable bonds is 6. The van der Waals surface area contributed by atoms with Crippen LogP contribution in [0.15, 0.2) is 60.8 Å². The molecule has 3 rings (SSSR count). The summed E-state index contributed by atoms with van der Waals surface area (Å²) in [7, 11) is 0. The summed E-state index contributed by atoms with van der Waals surface area (Å²) in [5, 5.41) is 2.85. The van der Waals surface area contributed by atoms with Gasteiger partial charge in [-0.3, -0.25) is 4.79 Å². The van der Waals surface area contributed by atoms with E-state index in [1.807, 2.05) is 49.4 Å². The summed E-state index contributed by atoms with van der Waals surface area (Å²) in [6.07, 6.45) is 3.80. The Balaban J connectivity index is 1.57. The fourth-order valence-electron chi connectivity index (χ4n) is 2.69. The van der Waals surface area contributed by atoms with E-state index >= 15 is 0 Å². The molecule has 0 saturated carbocycles. The Morgan fingerprint density at radius 2 is 1.81 bits per heavy atom. The third-order valence-corrected chi connectivity index (χ3v) is 4.12. The lowest BCUT2D eigenvalue weighted by molar-refractivity contribution is -0.116. The summed E-state index contributed by atoms with van der Waals surface area (Å²) in [5.74, 6) is 0.465. The standard InChI is InChI=1S/C21H22N4O/c1-15-21(23-14-19(24-15)17-10-12-18(22)13-11-17)25-20(26)9-5-8-16-6-3-2-4-7-16/h2-4,6-7,10-14H,5,8-9,22H2,1H3,(H,23,25,26). The number of carbonyl (C=O) groups excluding carboxylic acids is 1. The van der Waals surface area contributed by atoms with Crippen molar-refractivity contribution in [2.24, 2.45) is 0 Å². The van der Waals surface area contributed by atoms with E-state index in [1.54, 1.807) is 6.20 Å². The van der Waals surface area contributed by atoms with Crippen LogP contribution in [0, 0.1) is 6.92 Å². The van der Waals surface area contributed by atoms with Crippen LogP contribution in [0.3, 0.4) is 0 Å². The van der Waals surface area contributed by atoms with E-state index in [0.717, 1.165) is 24.1 Å². The molecule has 2 aromatic carbocycles. The minimum absolute atomic E-state index is 0.0430. The highest BCUT2D eigenvalue weighted by atomic mass is 16.1. The molecule has 0 saturated heterocycles. The zero-order valence-corrected chi connectivity index (χ0v) is 14.8. The molecule has 0 aliphatic rings. The SMILES string of the molecule is Cc1nc(-c2ccc(N)cc2)cnc1NC(=O)CCCc1ccccc1. The van der Waals surface area contributed by atoms with E-state index in [2.05, 4.69) is 27.4 Å². The summed E-state index contributed by atoms with van der Waals surface area (Å²) < 4.78 is 0. The van der Waals surface area contributed by atoms with E-state index in [1.165, 1.54) is 5.56 Å². The van der Waals surface area contributed by atoms with Gasteiger partial charge in [0.15, 0.2) is 5.82 Å². The largest absolute Gasteiger partial charge is 0.399 e. The van der Waals surface area contributed by atoms with Crippen molar-refractivity contribution in [3.8, 4) is 11.3 Å². The van der Waals surface area contributed by atoms with Gasteiger partial charge >= 0.3 is 0 Å². The first-order chi connectivity index (χ1) is 12.6. The minimum Gasteiger partial charge on any atom is -0.399 e. The average molecular weight is 346 g/mol. The van der Waals surface area contributed by atoms with Gasteiger partial charge in [0.05, 0.1) is 17.6 Å². The molecule has 0 radical (unpaired) electrons. The molecule has 3 aromatic rings. The van der Waals surface area contributed by atoms with Crippen LogP contribution >= 0.6 is 0 Å². The molecule has 5 nitrogen and oxygen atoms in total. The van der Waals surface area contributed by atoms with Gasteiger partial charge in [-0.25, -0.2) is 9.97 Å². The molecular formula is C21H22N4O. The van der Waals surface area contributed by atoms with Crippen molar-refractivity contribution >= 4 is 17.4 Å². The molecule has 0 aliphatic carbocycles. The number of nitrogen functional groups attached to an aromatic ring is 1. The Morgan fingerprint density at radius 3 is 2.50 bits per heavy atom. The van der Waals surface area contributed by atoms with Gasteiger partial charge in [0.1, 0.15) is 0 Å². The molecule has 26 heavy (non-hydrogen) atoms. The molecule has 1 amide bonds. The van der Waals surface area contributed by atoms with Crippen molar-refractivity contribution in [1.29, 1.82) is 0 Å². The molecular weight excluding hydrogens is 324 g/mol. The van der Waals surface area contributed by atoms with Crippen LogP contribution in [0.1, 0.15) is 24.1 Å². The van der Waals surface area contributed by atoms with E-state index in [0.29, 0.717) is 23.6 Å². The number of carbonyl (C=O) groups is 1. The minimum atomic E-state index is -0.0430. The van der Waals surface area contributed by atoms with Gasteiger partial charge in [-0.15, -0.1) is 0 Å². The molecule has 3 N–H and O–H groups in total. The first-order valence-electron chi connectivity index (χ1n) is 8.65. The average Bonchev–Trinajstić information content (AvgIpc) is 2.65. The number of anilines is 2. The number of aryl methyl sites for hydroxylation is 2. The van der Waals surface area contributed by atoms with Gasteiger partial charge in [0, 0.05) is 17.7 Å². The maximum Gasteiger partial charge on any atom is 0.225 e. The number of nitrogens with one attached hydrogen (secondary N) is 1. The summed E-state index contributed by atoms with van der Waals surface area (Å²) in [6.45, 7) is 1.84. The smallest absolute Gasteiger partial charge is 0.225 e. The lowest BCUT2D eigenvalue weighted by Gasteiger charge is -2.09. The highest BCUT2D eigenvalue weighted by Crippen LogP contribution is 2.20. The number of hydrogen-bond acceptors (Lipinski definition) is 4. The van der Waals surface area contributed by atoms with Gasteiger partial charge in [-0.05, 0) is 37.5 Å². The van der Waals surface area contributed by atoms with Crippen LogP contribution in [-0.2, 0) is 11.2 Å². The van der Waals surface area contributed by atoms with E-state index in [9.17, 15) is 4.79 Å². The molecule has 0 spiro atoms. The molecule has 132 valence electrons. The van der Waals surface area contributed by atoms with Crippen LogP contribution in [0.4, 0.5) is 11.5 Å².